The third kappa shape index (κ3) is 11.1. The number of hydrogen-bond donors (Lipinski definition) is 6. The van der Waals surface area contributed by atoms with Gasteiger partial charge in [0.15, 0.2) is 5.03 Å². The Bertz CT molecular complexity index is 444. The minimum Gasteiger partial charge on any atom is -0.365 e. The van der Waals surface area contributed by atoms with E-state index in [4.69, 9.17) is 16.7 Å². The molecule has 0 rings (SSSR count). The maximum atomic E-state index is 11.8. The third-order valence-corrected chi connectivity index (χ3v) is 3.01. The number of unbranched alkanes of at least 4 members (excludes halogenated alkanes) is 2. The number of nitro groups is 1. The molecule has 0 saturated heterocycles. The van der Waals surface area contributed by atoms with Gasteiger partial charge in [0, 0.05) is 13.0 Å². The third-order valence-electron chi connectivity index (χ3n) is 3.01. The fraction of sp³-hybridized carbons (Fsp3) is 0.750. The first-order chi connectivity index (χ1) is 11.4. The van der Waals surface area contributed by atoms with Gasteiger partial charge in [0.1, 0.15) is 6.04 Å². The summed E-state index contributed by atoms with van der Waals surface area (Å²) in [5.74, 6) is -1.41. The van der Waals surface area contributed by atoms with Gasteiger partial charge in [-0.2, -0.15) is 0 Å². The van der Waals surface area contributed by atoms with Crippen LogP contribution in [0.5, 0.6) is 0 Å². The topological polar surface area (TPSA) is 198 Å². The monoisotopic (exact) mass is 347 g/mol. The van der Waals surface area contributed by atoms with Gasteiger partial charge in [0.25, 0.3) is 11.9 Å². The molecular formula is C12H25N7O5. The van der Waals surface area contributed by atoms with Gasteiger partial charge < -0.3 is 16.8 Å². The smallest absolute Gasteiger partial charge is 0.265 e. The molecule has 8 N–H and O–H groups in total. The number of hydrogen-bond acceptors (Lipinski definition) is 7. The van der Waals surface area contributed by atoms with Crippen LogP contribution in [-0.4, -0.2) is 47.1 Å². The van der Waals surface area contributed by atoms with Crippen molar-refractivity contribution in [1.29, 1.82) is 0 Å². The molecule has 0 aromatic rings. The zero-order valence-electron chi connectivity index (χ0n) is 13.4. The van der Waals surface area contributed by atoms with Crippen LogP contribution in [0, 0.1) is 10.1 Å². The number of hydrazine groups is 1. The number of carbonyl (C=O) groups excluding carboxylic acids is 2. The van der Waals surface area contributed by atoms with Crippen molar-refractivity contribution in [3.8, 4) is 0 Å². The SMILES string of the molecule is NCCCCCC(=O)N[C@@H](CCCN=C(N)N[N+](=O)[O-])C(=O)NO. The molecule has 12 heteroatoms. The highest BCUT2D eigenvalue weighted by molar-refractivity contribution is 5.86. The summed E-state index contributed by atoms with van der Waals surface area (Å²) in [5.41, 5.74) is 13.8. The van der Waals surface area contributed by atoms with Gasteiger partial charge in [-0.3, -0.25) is 14.8 Å². The minimum absolute atomic E-state index is 0.119. The van der Waals surface area contributed by atoms with Crippen LogP contribution in [0.2, 0.25) is 0 Å². The number of nitrogens with two attached hydrogens (primary N) is 2. The number of nitrogens with one attached hydrogen (secondary N) is 3. The van der Waals surface area contributed by atoms with Crippen LogP contribution in [0.4, 0.5) is 0 Å². The van der Waals surface area contributed by atoms with Crippen LogP contribution in [0.3, 0.4) is 0 Å². The number of nitrogens with zero attached hydrogens (tertiary/aromatic N) is 2. The van der Waals surface area contributed by atoms with Crippen LogP contribution in [0.25, 0.3) is 0 Å². The van der Waals surface area contributed by atoms with E-state index in [0.29, 0.717) is 19.4 Å². The van der Waals surface area contributed by atoms with Crippen LogP contribution in [0.1, 0.15) is 38.5 Å². The van der Waals surface area contributed by atoms with Crippen molar-refractivity contribution in [2.45, 2.75) is 44.6 Å². The van der Waals surface area contributed by atoms with Gasteiger partial charge >= 0.3 is 0 Å². The predicted molar refractivity (Wildman–Crippen MR) is 85.2 cm³/mol. The van der Waals surface area contributed by atoms with E-state index in [1.54, 1.807) is 5.43 Å². The maximum Gasteiger partial charge on any atom is 0.265 e. The minimum atomic E-state index is -0.920. The van der Waals surface area contributed by atoms with Gasteiger partial charge in [-0.1, -0.05) is 11.8 Å². The summed E-state index contributed by atoms with van der Waals surface area (Å²) in [6.45, 7) is 0.681. The molecule has 0 fully saturated rings. The molecule has 0 aromatic heterocycles. The van der Waals surface area contributed by atoms with Crippen LogP contribution in [-0.2, 0) is 9.59 Å². The number of aliphatic imine (C=N–C) groups is 1. The second-order valence-electron chi connectivity index (χ2n) is 4.97. The Morgan fingerprint density at radius 3 is 2.54 bits per heavy atom. The summed E-state index contributed by atoms with van der Waals surface area (Å²) in [6.07, 6.45) is 3.07. The fourth-order valence-corrected chi connectivity index (χ4v) is 1.84. The van der Waals surface area contributed by atoms with E-state index in [0.717, 1.165) is 12.8 Å². The highest BCUT2D eigenvalue weighted by Gasteiger charge is 2.19. The highest BCUT2D eigenvalue weighted by atomic mass is 16.7. The van der Waals surface area contributed by atoms with Gasteiger partial charge in [-0.05, 0) is 32.2 Å². The number of amides is 2. The molecule has 0 unspecified atom stereocenters. The molecule has 2 amide bonds. The molecule has 0 heterocycles. The number of guanidine groups is 1. The largest absolute Gasteiger partial charge is 0.365 e. The first-order valence-electron chi connectivity index (χ1n) is 7.55. The lowest BCUT2D eigenvalue weighted by Gasteiger charge is -2.16. The average molecular weight is 347 g/mol. The molecule has 24 heavy (non-hydrogen) atoms. The second kappa shape index (κ2) is 13.0. The Balaban J connectivity index is 4.25. The Morgan fingerprint density at radius 2 is 1.96 bits per heavy atom. The molecule has 0 saturated carbocycles. The molecule has 0 bridgehead atoms. The first-order valence-corrected chi connectivity index (χ1v) is 7.55. The molecule has 0 spiro atoms. The molecule has 0 radical (unpaired) electrons. The van der Waals surface area contributed by atoms with Crippen molar-refractivity contribution in [3.05, 3.63) is 10.1 Å². The molecule has 1 atom stereocenters. The van der Waals surface area contributed by atoms with Crippen molar-refractivity contribution < 1.29 is 19.8 Å². The van der Waals surface area contributed by atoms with Crippen LogP contribution < -0.4 is 27.7 Å². The molecule has 0 aliphatic rings. The molecular weight excluding hydrogens is 322 g/mol. The zero-order valence-corrected chi connectivity index (χ0v) is 13.4. The second-order valence-corrected chi connectivity index (χ2v) is 4.97. The van der Waals surface area contributed by atoms with Crippen molar-refractivity contribution in [1.82, 2.24) is 16.2 Å². The summed E-state index contributed by atoms with van der Waals surface area (Å²) in [6, 6.07) is -0.920. The molecule has 138 valence electrons. The Labute approximate surface area is 139 Å². The van der Waals surface area contributed by atoms with Crippen LogP contribution in [0.15, 0.2) is 4.99 Å². The lowest BCUT2D eigenvalue weighted by atomic mass is 10.1. The summed E-state index contributed by atoms with van der Waals surface area (Å²) in [5, 5.41) is 20.5. The molecule has 0 aliphatic carbocycles. The summed E-state index contributed by atoms with van der Waals surface area (Å²) in [7, 11) is 0. The maximum absolute atomic E-state index is 11.8. The van der Waals surface area contributed by atoms with Gasteiger partial charge in [-0.15, -0.1) is 0 Å². The van der Waals surface area contributed by atoms with E-state index in [1.165, 1.54) is 5.48 Å². The van der Waals surface area contributed by atoms with Crippen molar-refractivity contribution in [2.24, 2.45) is 16.5 Å². The fourth-order valence-electron chi connectivity index (χ4n) is 1.84. The van der Waals surface area contributed by atoms with E-state index in [-0.39, 0.29) is 31.3 Å². The molecule has 0 aromatic carbocycles. The lowest BCUT2D eigenvalue weighted by Crippen LogP contribution is -2.45. The van der Waals surface area contributed by atoms with Crippen molar-refractivity contribution in [3.63, 3.8) is 0 Å². The van der Waals surface area contributed by atoms with E-state index in [1.807, 2.05) is 0 Å². The normalized spacial score (nSPS) is 12.3. The van der Waals surface area contributed by atoms with E-state index >= 15 is 0 Å². The Hall–Kier alpha value is -2.47. The average Bonchev–Trinajstić information content (AvgIpc) is 2.53. The Kier molecular flexibility index (Phi) is 11.7. The molecule has 0 aliphatic heterocycles. The first kappa shape index (κ1) is 21.5. The number of rotatable bonds is 12. The van der Waals surface area contributed by atoms with Gasteiger partial charge in [-0.25, -0.2) is 20.6 Å². The van der Waals surface area contributed by atoms with E-state index in [2.05, 4.69) is 10.3 Å². The predicted octanol–water partition coefficient (Wildman–Crippen LogP) is -1.63. The van der Waals surface area contributed by atoms with Gasteiger partial charge in [0.05, 0.1) is 0 Å². The lowest BCUT2D eigenvalue weighted by molar-refractivity contribution is -0.525. The quantitative estimate of drug-likeness (QED) is 0.0603. The number of hydroxylamine groups is 1. The molecule has 12 nitrogen and oxygen atoms in total. The van der Waals surface area contributed by atoms with E-state index in [9.17, 15) is 19.7 Å². The summed E-state index contributed by atoms with van der Waals surface area (Å²) < 4.78 is 0. The van der Waals surface area contributed by atoms with Crippen LogP contribution >= 0.6 is 0 Å². The standard InChI is InChI=1S/C12H25N7O5/c13-7-3-1-2-6-10(20)16-9(11(21)18-22)5-4-8-15-12(14)17-19(23)24/h9,22H,1-8,13H2,(H,16,20)(H,18,21)(H3,14,15,17)/t9-/m0/s1. The van der Waals surface area contributed by atoms with E-state index < -0.39 is 17.0 Å². The zero-order chi connectivity index (χ0) is 18.4. The highest BCUT2D eigenvalue weighted by Crippen LogP contribution is 2.02. The van der Waals surface area contributed by atoms with Crippen molar-refractivity contribution >= 4 is 17.8 Å². The van der Waals surface area contributed by atoms with Crippen molar-refractivity contribution in [2.75, 3.05) is 13.1 Å². The summed E-state index contributed by atoms with van der Waals surface area (Å²) >= 11 is 0. The Morgan fingerprint density at radius 1 is 1.25 bits per heavy atom. The summed E-state index contributed by atoms with van der Waals surface area (Å²) in [4.78, 5) is 37.1. The number of carbonyl (C=O) groups is 2. The van der Waals surface area contributed by atoms with Gasteiger partial charge in [0.2, 0.25) is 5.91 Å².